The Morgan fingerprint density at radius 1 is 1.35 bits per heavy atom. The number of tetrazole rings is 1. The number of aromatic nitrogens is 4. The number of rotatable bonds is 7. The second-order valence-corrected chi connectivity index (χ2v) is 4.83. The van der Waals surface area contributed by atoms with Crippen LogP contribution in [0.3, 0.4) is 0 Å². The molecule has 0 aliphatic heterocycles. The van der Waals surface area contributed by atoms with Gasteiger partial charge >= 0.3 is 0 Å². The lowest BCUT2D eigenvalue weighted by molar-refractivity contribution is 0.308. The third-order valence-electron chi connectivity index (χ3n) is 2.58. The maximum atomic E-state index is 5.55. The lowest BCUT2D eigenvalue weighted by Gasteiger charge is -2.13. The van der Waals surface area contributed by atoms with Gasteiger partial charge < -0.3 is 14.8 Å². The quantitative estimate of drug-likeness (QED) is 0.796. The second-order valence-electron chi connectivity index (χ2n) is 3.97. The zero-order valence-corrected chi connectivity index (χ0v) is 12.9. The molecule has 0 atom stereocenters. The molecule has 0 unspecified atom stereocenters. The molecule has 2 N–H and O–H groups in total. The van der Waals surface area contributed by atoms with Crippen molar-refractivity contribution in [2.45, 2.75) is 20.0 Å². The minimum atomic E-state index is 0.545. The highest BCUT2D eigenvalue weighted by Crippen LogP contribution is 2.36. The molecule has 20 heavy (non-hydrogen) atoms. The molecule has 8 heteroatoms. The van der Waals surface area contributed by atoms with Crippen LogP contribution in [-0.2, 0) is 13.1 Å². The van der Waals surface area contributed by atoms with Gasteiger partial charge in [-0.25, -0.2) is 0 Å². The standard InChI is InChI=1S/C12H16BrN5O2/c1-3-20-12-9(13)4-8(5-10(12)19-2)6-14-7-11-15-17-18-16-11/h4-5,14H,3,6-7H2,1-2H3,(H,15,16,17,18). The van der Waals surface area contributed by atoms with Crippen LogP contribution >= 0.6 is 15.9 Å². The van der Waals surface area contributed by atoms with Gasteiger partial charge in [-0.15, -0.1) is 10.2 Å². The third-order valence-corrected chi connectivity index (χ3v) is 3.17. The minimum Gasteiger partial charge on any atom is -0.493 e. The average Bonchev–Trinajstić information content (AvgIpc) is 2.94. The monoisotopic (exact) mass is 341 g/mol. The largest absolute Gasteiger partial charge is 0.493 e. The average molecular weight is 342 g/mol. The summed E-state index contributed by atoms with van der Waals surface area (Å²) in [5.74, 6) is 2.05. The van der Waals surface area contributed by atoms with E-state index in [9.17, 15) is 0 Å². The molecule has 0 radical (unpaired) electrons. The lowest BCUT2D eigenvalue weighted by Crippen LogP contribution is -2.14. The van der Waals surface area contributed by atoms with Crippen molar-refractivity contribution in [3.8, 4) is 11.5 Å². The number of methoxy groups -OCH3 is 1. The van der Waals surface area contributed by atoms with Crippen LogP contribution in [0.15, 0.2) is 16.6 Å². The van der Waals surface area contributed by atoms with Crippen LogP contribution in [0.1, 0.15) is 18.3 Å². The Hall–Kier alpha value is -1.67. The Kier molecular flexibility index (Phi) is 5.31. The first-order valence-corrected chi connectivity index (χ1v) is 6.96. The SMILES string of the molecule is CCOc1c(Br)cc(CNCc2nn[nH]n2)cc1OC. The number of hydrogen-bond donors (Lipinski definition) is 2. The van der Waals surface area contributed by atoms with Gasteiger partial charge in [0.25, 0.3) is 0 Å². The van der Waals surface area contributed by atoms with Crippen LogP contribution in [-0.4, -0.2) is 34.3 Å². The predicted molar refractivity (Wildman–Crippen MR) is 76.6 cm³/mol. The van der Waals surface area contributed by atoms with E-state index in [0.717, 1.165) is 15.8 Å². The van der Waals surface area contributed by atoms with Gasteiger partial charge in [-0.05, 0) is 40.5 Å². The zero-order chi connectivity index (χ0) is 14.4. The van der Waals surface area contributed by atoms with E-state index in [1.54, 1.807) is 7.11 Å². The molecule has 0 fully saturated rings. The van der Waals surface area contributed by atoms with E-state index in [0.29, 0.717) is 31.3 Å². The van der Waals surface area contributed by atoms with Crippen molar-refractivity contribution in [2.75, 3.05) is 13.7 Å². The Labute approximate surface area is 125 Å². The number of nitrogens with zero attached hydrogens (tertiary/aromatic N) is 3. The van der Waals surface area contributed by atoms with Crippen LogP contribution in [0, 0.1) is 0 Å². The van der Waals surface area contributed by atoms with Gasteiger partial charge in [0.1, 0.15) is 0 Å². The smallest absolute Gasteiger partial charge is 0.188 e. The molecule has 0 aliphatic carbocycles. The number of aromatic amines is 1. The summed E-state index contributed by atoms with van der Waals surface area (Å²) in [7, 11) is 1.63. The summed E-state index contributed by atoms with van der Waals surface area (Å²) in [5.41, 5.74) is 1.07. The highest BCUT2D eigenvalue weighted by atomic mass is 79.9. The van der Waals surface area contributed by atoms with Crippen molar-refractivity contribution in [1.29, 1.82) is 0 Å². The minimum absolute atomic E-state index is 0.545. The molecular formula is C12H16BrN5O2. The molecule has 0 amide bonds. The van der Waals surface area contributed by atoms with E-state index >= 15 is 0 Å². The molecule has 108 valence electrons. The molecule has 1 aromatic carbocycles. The Balaban J connectivity index is 2.02. The fourth-order valence-corrected chi connectivity index (χ4v) is 2.34. The van der Waals surface area contributed by atoms with E-state index < -0.39 is 0 Å². The Morgan fingerprint density at radius 2 is 2.20 bits per heavy atom. The summed E-state index contributed by atoms with van der Waals surface area (Å²) in [6.07, 6.45) is 0. The van der Waals surface area contributed by atoms with E-state index in [4.69, 9.17) is 9.47 Å². The lowest BCUT2D eigenvalue weighted by atomic mass is 10.2. The molecule has 0 bridgehead atoms. The van der Waals surface area contributed by atoms with E-state index in [-0.39, 0.29) is 0 Å². The fourth-order valence-electron chi connectivity index (χ4n) is 1.74. The maximum Gasteiger partial charge on any atom is 0.188 e. The van der Waals surface area contributed by atoms with Gasteiger partial charge in [0, 0.05) is 6.54 Å². The molecule has 7 nitrogen and oxygen atoms in total. The molecule has 1 aromatic heterocycles. The van der Waals surface area contributed by atoms with Crippen LogP contribution in [0.25, 0.3) is 0 Å². The fraction of sp³-hybridized carbons (Fsp3) is 0.417. The van der Waals surface area contributed by atoms with Crippen molar-refractivity contribution < 1.29 is 9.47 Å². The number of ether oxygens (including phenoxy) is 2. The summed E-state index contributed by atoms with van der Waals surface area (Å²) in [4.78, 5) is 0. The highest BCUT2D eigenvalue weighted by Gasteiger charge is 2.11. The van der Waals surface area contributed by atoms with Gasteiger partial charge in [0.15, 0.2) is 17.3 Å². The topological polar surface area (TPSA) is 85.0 Å². The van der Waals surface area contributed by atoms with Gasteiger partial charge in [-0.3, -0.25) is 0 Å². The summed E-state index contributed by atoms with van der Waals surface area (Å²) in [5, 5.41) is 16.9. The van der Waals surface area contributed by atoms with Gasteiger partial charge in [0.2, 0.25) is 0 Å². The number of H-pyrrole nitrogens is 1. The number of benzene rings is 1. The summed E-state index contributed by atoms with van der Waals surface area (Å²) in [6, 6.07) is 3.94. The van der Waals surface area contributed by atoms with Crippen LogP contribution < -0.4 is 14.8 Å². The first kappa shape index (κ1) is 14.7. The molecule has 0 saturated heterocycles. The van der Waals surface area contributed by atoms with Crippen molar-refractivity contribution in [3.05, 3.63) is 28.0 Å². The van der Waals surface area contributed by atoms with Crippen molar-refractivity contribution in [2.24, 2.45) is 0 Å². The summed E-state index contributed by atoms with van der Waals surface area (Å²) < 4.78 is 11.8. The Morgan fingerprint density at radius 3 is 2.85 bits per heavy atom. The first-order chi connectivity index (χ1) is 9.74. The van der Waals surface area contributed by atoms with Crippen LogP contribution in [0.5, 0.6) is 11.5 Å². The highest BCUT2D eigenvalue weighted by molar-refractivity contribution is 9.10. The number of nitrogens with one attached hydrogen (secondary N) is 2. The van der Waals surface area contributed by atoms with Gasteiger partial charge in [0.05, 0.1) is 24.7 Å². The number of halogens is 1. The molecule has 0 spiro atoms. The first-order valence-electron chi connectivity index (χ1n) is 6.16. The molecular weight excluding hydrogens is 326 g/mol. The van der Waals surface area contributed by atoms with Crippen molar-refractivity contribution in [3.63, 3.8) is 0 Å². The van der Waals surface area contributed by atoms with Crippen LogP contribution in [0.2, 0.25) is 0 Å². The third kappa shape index (κ3) is 3.67. The zero-order valence-electron chi connectivity index (χ0n) is 11.3. The van der Waals surface area contributed by atoms with E-state index in [2.05, 4.69) is 41.9 Å². The number of hydrogen-bond acceptors (Lipinski definition) is 6. The second kappa shape index (κ2) is 7.20. The Bertz CT molecular complexity index is 547. The molecule has 0 saturated carbocycles. The molecule has 0 aliphatic rings. The maximum absolute atomic E-state index is 5.55. The molecule has 2 rings (SSSR count). The van der Waals surface area contributed by atoms with Gasteiger partial charge in [-0.2, -0.15) is 5.21 Å². The van der Waals surface area contributed by atoms with E-state index in [1.165, 1.54) is 0 Å². The summed E-state index contributed by atoms with van der Waals surface area (Å²) >= 11 is 3.50. The van der Waals surface area contributed by atoms with Crippen LogP contribution in [0.4, 0.5) is 0 Å². The van der Waals surface area contributed by atoms with Gasteiger partial charge in [-0.1, -0.05) is 5.21 Å². The molecule has 1 heterocycles. The molecule has 2 aromatic rings. The predicted octanol–water partition coefficient (Wildman–Crippen LogP) is 1.66. The summed E-state index contributed by atoms with van der Waals surface area (Å²) in [6.45, 7) is 3.73. The van der Waals surface area contributed by atoms with E-state index in [1.807, 2.05) is 19.1 Å². The van der Waals surface area contributed by atoms with Crippen molar-refractivity contribution >= 4 is 15.9 Å². The van der Waals surface area contributed by atoms with Crippen molar-refractivity contribution in [1.82, 2.24) is 25.9 Å². The normalized spacial score (nSPS) is 10.6.